The summed E-state index contributed by atoms with van der Waals surface area (Å²) in [6.07, 6.45) is -0.949. The maximum atomic E-state index is 12.5. The Morgan fingerprint density at radius 3 is 2.42 bits per heavy atom. The first-order valence-electron chi connectivity index (χ1n) is 7.95. The maximum Gasteiger partial charge on any atom is 0.434 e. The van der Waals surface area contributed by atoms with Gasteiger partial charge in [0, 0.05) is 12.2 Å². The summed E-state index contributed by atoms with van der Waals surface area (Å²) in [4.78, 5) is 18.8. The number of carbonyl (C=O) groups excluding carboxylic acids is 1. The molecule has 1 aliphatic heterocycles. The predicted molar refractivity (Wildman–Crippen MR) is 93.5 cm³/mol. The molecule has 1 amide bonds. The number of amides is 1. The Bertz CT molecular complexity index is 729. The van der Waals surface area contributed by atoms with Crippen molar-refractivity contribution in [1.29, 1.82) is 0 Å². The fraction of sp³-hybridized carbons (Fsp3) is 0.353. The minimum atomic E-state index is -4.58. The summed E-state index contributed by atoms with van der Waals surface area (Å²) in [6, 6.07) is 7.45. The lowest BCUT2D eigenvalue weighted by Gasteiger charge is -2.23. The summed E-state index contributed by atoms with van der Waals surface area (Å²) < 4.78 is 37.4. The molecule has 0 unspecified atom stereocenters. The van der Waals surface area contributed by atoms with Gasteiger partial charge in [-0.15, -0.1) is 12.4 Å². The number of alkyl halides is 3. The van der Waals surface area contributed by atoms with Crippen molar-refractivity contribution in [2.24, 2.45) is 0 Å². The first-order valence-corrected chi connectivity index (χ1v) is 7.95. The highest BCUT2D eigenvalue weighted by Crippen LogP contribution is 2.27. The molecule has 140 valence electrons. The number of carbonyl (C=O) groups is 1. The third-order valence-electron chi connectivity index (χ3n) is 4.11. The topological polar surface area (TPSA) is 66.9 Å². The number of aromatic nitrogens is 2. The van der Waals surface area contributed by atoms with Crippen molar-refractivity contribution < 1.29 is 18.0 Å². The quantitative estimate of drug-likeness (QED) is 0.845. The molecule has 5 nitrogen and oxygen atoms in total. The molecule has 26 heavy (non-hydrogen) atoms. The highest BCUT2D eigenvalue weighted by atomic mass is 35.5. The molecule has 0 spiro atoms. The van der Waals surface area contributed by atoms with Gasteiger partial charge in [0.2, 0.25) is 0 Å². The molecular weight excluding hydrogens is 369 g/mol. The van der Waals surface area contributed by atoms with E-state index < -0.39 is 17.8 Å². The molecule has 1 aliphatic rings. The highest BCUT2D eigenvalue weighted by Gasteiger charge is 2.33. The van der Waals surface area contributed by atoms with Gasteiger partial charge in [0.1, 0.15) is 5.69 Å². The molecule has 0 saturated carbocycles. The van der Waals surface area contributed by atoms with E-state index in [9.17, 15) is 18.0 Å². The minimum absolute atomic E-state index is 0. The van der Waals surface area contributed by atoms with Gasteiger partial charge in [0.15, 0.2) is 5.69 Å². The number of halogens is 4. The van der Waals surface area contributed by atoms with Crippen LogP contribution < -0.4 is 10.6 Å². The number of hydrogen-bond acceptors (Lipinski definition) is 4. The van der Waals surface area contributed by atoms with Crippen LogP contribution in [0.4, 0.5) is 18.9 Å². The highest BCUT2D eigenvalue weighted by molar-refractivity contribution is 6.02. The van der Waals surface area contributed by atoms with E-state index in [2.05, 4.69) is 20.6 Å². The minimum Gasteiger partial charge on any atom is -0.321 e. The van der Waals surface area contributed by atoms with Crippen LogP contribution in [-0.4, -0.2) is 29.0 Å². The second-order valence-corrected chi connectivity index (χ2v) is 5.90. The molecule has 0 radical (unpaired) electrons. The third-order valence-corrected chi connectivity index (χ3v) is 4.11. The molecule has 2 heterocycles. The van der Waals surface area contributed by atoms with Gasteiger partial charge in [0.05, 0.1) is 12.4 Å². The van der Waals surface area contributed by atoms with Gasteiger partial charge in [-0.05, 0) is 43.0 Å². The van der Waals surface area contributed by atoms with Crippen molar-refractivity contribution in [2.75, 3.05) is 18.4 Å². The van der Waals surface area contributed by atoms with Crippen molar-refractivity contribution >= 4 is 24.0 Å². The van der Waals surface area contributed by atoms with Crippen LogP contribution in [-0.2, 0) is 6.18 Å². The Morgan fingerprint density at radius 2 is 1.88 bits per heavy atom. The molecule has 1 aromatic carbocycles. The summed E-state index contributed by atoms with van der Waals surface area (Å²) in [5, 5.41) is 5.96. The summed E-state index contributed by atoms with van der Waals surface area (Å²) in [7, 11) is 0. The summed E-state index contributed by atoms with van der Waals surface area (Å²) in [5.41, 5.74) is 0.446. The molecular formula is C17H18ClF3N4O. The molecule has 1 fully saturated rings. The normalized spacial score (nSPS) is 17.3. The molecule has 9 heteroatoms. The van der Waals surface area contributed by atoms with E-state index in [1.54, 1.807) is 12.1 Å². The van der Waals surface area contributed by atoms with Gasteiger partial charge in [-0.1, -0.05) is 12.1 Å². The van der Waals surface area contributed by atoms with Crippen LogP contribution in [0.5, 0.6) is 0 Å². The van der Waals surface area contributed by atoms with Crippen LogP contribution >= 0.6 is 12.4 Å². The summed E-state index contributed by atoms with van der Waals surface area (Å²) in [5.74, 6) is -0.146. The lowest BCUT2D eigenvalue weighted by molar-refractivity contribution is -0.141. The Hall–Kier alpha value is -2.19. The Labute approximate surface area is 154 Å². The molecule has 2 N–H and O–H groups in total. The Kier molecular flexibility index (Phi) is 6.55. The van der Waals surface area contributed by atoms with Crippen LogP contribution in [0.25, 0.3) is 0 Å². The molecule has 2 aromatic rings. The van der Waals surface area contributed by atoms with Gasteiger partial charge in [-0.25, -0.2) is 9.97 Å². The van der Waals surface area contributed by atoms with Crippen LogP contribution in [0.2, 0.25) is 0 Å². The number of rotatable bonds is 3. The molecule has 1 saturated heterocycles. The lowest BCUT2D eigenvalue weighted by Crippen LogP contribution is -2.28. The third kappa shape index (κ3) is 4.92. The Balaban J connectivity index is 0.00000243. The van der Waals surface area contributed by atoms with Crippen molar-refractivity contribution in [3.63, 3.8) is 0 Å². The van der Waals surface area contributed by atoms with Crippen LogP contribution in [0.1, 0.15) is 40.5 Å². The van der Waals surface area contributed by atoms with E-state index in [0.29, 0.717) is 17.8 Å². The van der Waals surface area contributed by atoms with Gasteiger partial charge in [-0.3, -0.25) is 4.79 Å². The van der Waals surface area contributed by atoms with Crippen LogP contribution in [0, 0.1) is 0 Å². The number of nitrogens with one attached hydrogen (secondary N) is 2. The number of hydrogen-bond donors (Lipinski definition) is 2. The molecule has 3 rings (SSSR count). The van der Waals surface area contributed by atoms with E-state index >= 15 is 0 Å². The van der Waals surface area contributed by atoms with Gasteiger partial charge in [0.25, 0.3) is 5.91 Å². The summed E-state index contributed by atoms with van der Waals surface area (Å²) >= 11 is 0. The first-order chi connectivity index (χ1) is 11.9. The second kappa shape index (κ2) is 8.46. The monoisotopic (exact) mass is 386 g/mol. The van der Waals surface area contributed by atoms with E-state index in [0.717, 1.165) is 32.1 Å². The van der Waals surface area contributed by atoms with Crippen molar-refractivity contribution in [3.8, 4) is 0 Å². The standard InChI is InChI=1S/C17H17F3N4O.ClH/c18-17(19,20)15-10-22-14(9-23-15)16(25)24-13-5-3-11(4-6-13)12-2-1-7-21-8-12;/h3-6,9-10,12,21H,1-2,7-8H2,(H,24,25);1H/t12-;/m1./s1. The van der Waals surface area contributed by atoms with E-state index in [4.69, 9.17) is 0 Å². The van der Waals surface area contributed by atoms with E-state index in [1.807, 2.05) is 12.1 Å². The summed E-state index contributed by atoms with van der Waals surface area (Å²) in [6.45, 7) is 1.98. The number of nitrogens with zero attached hydrogens (tertiary/aromatic N) is 2. The first kappa shape index (κ1) is 20.1. The zero-order valence-corrected chi connectivity index (χ0v) is 14.5. The second-order valence-electron chi connectivity index (χ2n) is 5.90. The zero-order chi connectivity index (χ0) is 17.9. The van der Waals surface area contributed by atoms with Gasteiger partial charge >= 0.3 is 6.18 Å². The van der Waals surface area contributed by atoms with Crippen molar-refractivity contribution in [3.05, 3.63) is 53.6 Å². The van der Waals surface area contributed by atoms with Crippen molar-refractivity contribution in [1.82, 2.24) is 15.3 Å². The molecule has 1 atom stereocenters. The molecule has 0 bridgehead atoms. The largest absolute Gasteiger partial charge is 0.434 e. The average Bonchev–Trinajstić information content (AvgIpc) is 2.62. The smallest absolute Gasteiger partial charge is 0.321 e. The number of piperidine rings is 1. The lowest BCUT2D eigenvalue weighted by atomic mass is 9.92. The number of benzene rings is 1. The Morgan fingerprint density at radius 1 is 1.15 bits per heavy atom. The fourth-order valence-corrected chi connectivity index (χ4v) is 2.76. The molecule has 1 aromatic heterocycles. The van der Waals surface area contributed by atoms with Crippen molar-refractivity contribution in [2.45, 2.75) is 24.9 Å². The van der Waals surface area contributed by atoms with Crippen LogP contribution in [0.15, 0.2) is 36.7 Å². The van der Waals surface area contributed by atoms with Gasteiger partial charge in [-0.2, -0.15) is 13.2 Å². The average molecular weight is 387 g/mol. The number of anilines is 1. The zero-order valence-electron chi connectivity index (χ0n) is 13.7. The maximum absolute atomic E-state index is 12.5. The molecule has 0 aliphatic carbocycles. The SMILES string of the molecule is Cl.O=C(Nc1ccc([C@@H]2CCCNC2)cc1)c1cnc(C(F)(F)F)cn1. The fourth-order valence-electron chi connectivity index (χ4n) is 2.76. The predicted octanol–water partition coefficient (Wildman–Crippen LogP) is 3.64. The van der Waals surface area contributed by atoms with E-state index in [1.165, 1.54) is 5.56 Å². The van der Waals surface area contributed by atoms with Gasteiger partial charge < -0.3 is 10.6 Å². The van der Waals surface area contributed by atoms with E-state index in [-0.39, 0.29) is 18.1 Å². The van der Waals surface area contributed by atoms with Crippen LogP contribution in [0.3, 0.4) is 0 Å².